The average Bonchev–Trinajstić information content (AvgIpc) is 3.15. The van der Waals surface area contributed by atoms with Crippen molar-refractivity contribution in [3.05, 3.63) is 62.7 Å². The van der Waals surface area contributed by atoms with Crippen LogP contribution in [0.4, 0.5) is 11.4 Å². The lowest BCUT2D eigenvalue weighted by atomic mass is 10.1. The summed E-state index contributed by atoms with van der Waals surface area (Å²) < 4.78 is 10.3. The number of nitro benzene ring substituents is 1. The van der Waals surface area contributed by atoms with E-state index in [0.717, 1.165) is 6.08 Å². The number of fused-ring (bicyclic) bond motifs is 1. The molecule has 2 N–H and O–H groups in total. The molecule has 0 unspecified atom stereocenters. The van der Waals surface area contributed by atoms with Gasteiger partial charge < -0.3 is 20.1 Å². The van der Waals surface area contributed by atoms with Crippen LogP contribution in [-0.2, 0) is 9.59 Å². The Bertz CT molecular complexity index is 1020. The number of carbonyl (C=O) groups excluding carboxylic acids is 2. The van der Waals surface area contributed by atoms with E-state index < -0.39 is 16.7 Å². The van der Waals surface area contributed by atoms with Crippen LogP contribution in [-0.4, -0.2) is 30.1 Å². The molecule has 0 fully saturated rings. The van der Waals surface area contributed by atoms with Crippen LogP contribution >= 0.6 is 11.6 Å². The van der Waals surface area contributed by atoms with E-state index in [1.165, 1.54) is 18.2 Å². The summed E-state index contributed by atoms with van der Waals surface area (Å²) in [6, 6.07) is 7.75. The normalized spacial score (nSPS) is 12.1. The van der Waals surface area contributed by atoms with Gasteiger partial charge in [0.25, 0.3) is 5.69 Å². The lowest BCUT2D eigenvalue weighted by molar-refractivity contribution is -0.385. The molecule has 2 aromatic rings. The fraction of sp³-hybridized carbons (Fsp3) is 0.158. The molecule has 2 amide bonds. The van der Waals surface area contributed by atoms with Gasteiger partial charge in [-0.3, -0.25) is 19.7 Å². The summed E-state index contributed by atoms with van der Waals surface area (Å²) in [5.74, 6) is -0.403. The smallest absolute Gasteiger partial charge is 0.280 e. The van der Waals surface area contributed by atoms with E-state index >= 15 is 0 Å². The first kappa shape index (κ1) is 20.2. The number of hydrogen-bond donors (Lipinski definition) is 2. The number of benzene rings is 2. The molecule has 9 nitrogen and oxygen atoms in total. The largest absolute Gasteiger partial charge is 0.454 e. The number of ether oxygens (including phenoxy) is 2. The van der Waals surface area contributed by atoms with Gasteiger partial charge in [0.2, 0.25) is 18.6 Å². The van der Waals surface area contributed by atoms with Crippen LogP contribution in [0.1, 0.15) is 11.1 Å². The number of anilines is 1. The Morgan fingerprint density at radius 2 is 2.00 bits per heavy atom. The van der Waals surface area contributed by atoms with Crippen molar-refractivity contribution in [2.75, 3.05) is 18.7 Å². The molecule has 0 spiro atoms. The van der Waals surface area contributed by atoms with Crippen molar-refractivity contribution in [3.8, 4) is 11.5 Å². The molecular weight excluding hydrogens is 402 g/mol. The lowest BCUT2D eigenvalue weighted by Gasteiger charge is -2.09. The van der Waals surface area contributed by atoms with Gasteiger partial charge >= 0.3 is 0 Å². The summed E-state index contributed by atoms with van der Waals surface area (Å²) in [4.78, 5) is 34.6. The Morgan fingerprint density at radius 3 is 2.72 bits per heavy atom. The highest BCUT2D eigenvalue weighted by atomic mass is 35.5. The van der Waals surface area contributed by atoms with Crippen LogP contribution in [0.3, 0.4) is 0 Å². The van der Waals surface area contributed by atoms with Gasteiger partial charge in [0, 0.05) is 16.8 Å². The minimum absolute atomic E-state index is 0.0264. The van der Waals surface area contributed by atoms with Gasteiger partial charge in [-0.2, -0.15) is 0 Å². The number of amides is 2. The van der Waals surface area contributed by atoms with Crippen molar-refractivity contribution in [1.82, 2.24) is 5.32 Å². The van der Waals surface area contributed by atoms with Gasteiger partial charge in [0.1, 0.15) is 0 Å². The lowest BCUT2D eigenvalue weighted by Crippen LogP contribution is -2.31. The van der Waals surface area contributed by atoms with Gasteiger partial charge in [0.05, 0.1) is 23.1 Å². The number of nitro groups is 1. The zero-order valence-corrected chi connectivity index (χ0v) is 16.0. The Balaban J connectivity index is 1.61. The first-order valence-electron chi connectivity index (χ1n) is 8.44. The molecule has 1 aliphatic rings. The van der Waals surface area contributed by atoms with Gasteiger partial charge in [0.15, 0.2) is 11.5 Å². The third-order valence-corrected chi connectivity index (χ3v) is 4.51. The number of nitrogens with one attached hydrogen (secondary N) is 2. The molecule has 150 valence electrons. The second-order valence-corrected chi connectivity index (χ2v) is 6.44. The number of nitrogens with zero attached hydrogens (tertiary/aromatic N) is 1. The molecule has 0 atom stereocenters. The monoisotopic (exact) mass is 417 g/mol. The van der Waals surface area contributed by atoms with Crippen LogP contribution in [0.2, 0.25) is 5.02 Å². The van der Waals surface area contributed by atoms with E-state index in [1.54, 1.807) is 25.1 Å². The molecule has 0 aliphatic carbocycles. The van der Waals surface area contributed by atoms with Crippen molar-refractivity contribution in [2.45, 2.75) is 6.92 Å². The molecule has 0 saturated heterocycles. The molecule has 29 heavy (non-hydrogen) atoms. The number of rotatable bonds is 6. The predicted octanol–water partition coefficient (Wildman–Crippen LogP) is 3.05. The fourth-order valence-corrected chi connectivity index (χ4v) is 2.74. The van der Waals surface area contributed by atoms with E-state index in [2.05, 4.69) is 10.6 Å². The SMILES string of the molecule is Cc1c(Cl)cccc1NC(=O)CNC(=O)/C=C/c1cc2c(cc1[N+](=O)[O-])OCO2. The fourth-order valence-electron chi connectivity index (χ4n) is 2.57. The van der Waals surface area contributed by atoms with E-state index in [9.17, 15) is 19.7 Å². The van der Waals surface area contributed by atoms with Crippen molar-refractivity contribution in [2.24, 2.45) is 0 Å². The maximum Gasteiger partial charge on any atom is 0.280 e. The Hall–Kier alpha value is -3.59. The third kappa shape index (κ3) is 4.82. The third-order valence-electron chi connectivity index (χ3n) is 4.10. The quantitative estimate of drug-likeness (QED) is 0.423. The molecule has 10 heteroatoms. The van der Waals surface area contributed by atoms with Crippen LogP contribution < -0.4 is 20.1 Å². The molecule has 0 aromatic heterocycles. The van der Waals surface area contributed by atoms with E-state index in [1.807, 2.05) is 0 Å². The van der Waals surface area contributed by atoms with Crippen LogP contribution in [0.15, 0.2) is 36.4 Å². The predicted molar refractivity (Wildman–Crippen MR) is 106 cm³/mol. The Kier molecular flexibility index (Phi) is 5.99. The standard InChI is InChI=1S/C19H16ClN3O6/c1-11-13(20)3-2-4-14(11)22-19(25)9-21-18(24)6-5-12-7-16-17(29-10-28-16)8-15(12)23(26)27/h2-8H,9-10H2,1H3,(H,21,24)(H,22,25)/b6-5+. The summed E-state index contributed by atoms with van der Waals surface area (Å²) in [5, 5.41) is 16.8. The summed E-state index contributed by atoms with van der Waals surface area (Å²) in [6.45, 7) is 1.46. The average molecular weight is 418 g/mol. The van der Waals surface area contributed by atoms with Crippen molar-refractivity contribution < 1.29 is 24.0 Å². The molecular formula is C19H16ClN3O6. The van der Waals surface area contributed by atoms with Gasteiger partial charge in [-0.1, -0.05) is 17.7 Å². The molecule has 0 radical (unpaired) electrons. The zero-order valence-electron chi connectivity index (χ0n) is 15.2. The molecule has 1 aliphatic heterocycles. The van der Waals surface area contributed by atoms with Crippen molar-refractivity contribution >= 4 is 40.9 Å². The van der Waals surface area contributed by atoms with Crippen molar-refractivity contribution in [3.63, 3.8) is 0 Å². The minimum Gasteiger partial charge on any atom is -0.454 e. The maximum atomic E-state index is 12.0. The van der Waals surface area contributed by atoms with Gasteiger partial charge in [-0.05, 0) is 36.8 Å². The number of carbonyl (C=O) groups is 2. The topological polar surface area (TPSA) is 120 Å². The van der Waals surface area contributed by atoms with Crippen molar-refractivity contribution in [1.29, 1.82) is 0 Å². The first-order valence-corrected chi connectivity index (χ1v) is 8.82. The summed E-state index contributed by atoms with van der Waals surface area (Å²) in [7, 11) is 0. The van der Waals surface area contributed by atoms with Crippen LogP contribution in [0.25, 0.3) is 6.08 Å². The number of halogens is 1. The van der Waals surface area contributed by atoms with Gasteiger partial charge in [-0.15, -0.1) is 0 Å². The van der Waals surface area contributed by atoms with E-state index in [4.69, 9.17) is 21.1 Å². The number of hydrogen-bond acceptors (Lipinski definition) is 6. The molecule has 1 heterocycles. The maximum absolute atomic E-state index is 12.0. The Morgan fingerprint density at radius 1 is 1.28 bits per heavy atom. The second-order valence-electron chi connectivity index (χ2n) is 6.03. The molecule has 2 aromatic carbocycles. The highest BCUT2D eigenvalue weighted by molar-refractivity contribution is 6.31. The second kappa shape index (κ2) is 8.61. The summed E-state index contributed by atoms with van der Waals surface area (Å²) >= 11 is 6.00. The highest BCUT2D eigenvalue weighted by Crippen LogP contribution is 2.38. The highest BCUT2D eigenvalue weighted by Gasteiger charge is 2.22. The first-order chi connectivity index (χ1) is 13.8. The summed E-state index contributed by atoms with van der Waals surface area (Å²) in [6.07, 6.45) is 2.37. The van der Waals surface area contributed by atoms with Crippen LogP contribution in [0, 0.1) is 17.0 Å². The molecule has 3 rings (SSSR count). The zero-order chi connectivity index (χ0) is 21.0. The molecule has 0 saturated carbocycles. The van der Waals surface area contributed by atoms with Gasteiger partial charge in [-0.25, -0.2) is 0 Å². The minimum atomic E-state index is -0.588. The molecule has 0 bridgehead atoms. The van der Waals surface area contributed by atoms with E-state index in [-0.39, 0.29) is 30.3 Å². The summed E-state index contributed by atoms with van der Waals surface area (Å²) in [5.41, 5.74) is 1.20. The van der Waals surface area contributed by atoms with E-state index in [0.29, 0.717) is 22.0 Å². The Labute approximate surface area is 170 Å². The van der Waals surface area contributed by atoms with Crippen LogP contribution in [0.5, 0.6) is 11.5 Å².